The van der Waals surface area contributed by atoms with Crippen molar-refractivity contribution in [2.75, 3.05) is 29.5 Å². The van der Waals surface area contributed by atoms with Crippen LogP contribution in [0.4, 0.5) is 11.4 Å². The highest BCUT2D eigenvalue weighted by atomic mass is 79.9. The third kappa shape index (κ3) is 4.73. The molecule has 2 aromatic rings. The summed E-state index contributed by atoms with van der Waals surface area (Å²) in [5.41, 5.74) is -0.136. The molecule has 3 heterocycles. The first-order valence-corrected chi connectivity index (χ1v) is 14.9. The maximum atomic E-state index is 14.6. The normalized spacial score (nSPS) is 28.7. The fourth-order valence-electron chi connectivity index (χ4n) is 6.69. The summed E-state index contributed by atoms with van der Waals surface area (Å²) < 4.78 is 6.65. The maximum absolute atomic E-state index is 14.6. The van der Waals surface area contributed by atoms with Crippen molar-refractivity contribution in [2.45, 2.75) is 42.0 Å². The Labute approximate surface area is 253 Å². The second-order valence-corrected chi connectivity index (χ2v) is 12.3. The van der Waals surface area contributed by atoms with Crippen molar-refractivity contribution < 1.29 is 24.2 Å². The predicted molar refractivity (Wildman–Crippen MR) is 162 cm³/mol. The van der Waals surface area contributed by atoms with E-state index in [1.54, 1.807) is 48.2 Å². The van der Waals surface area contributed by atoms with Gasteiger partial charge in [0.2, 0.25) is 11.8 Å². The van der Waals surface area contributed by atoms with Crippen LogP contribution in [-0.2, 0) is 19.1 Å². The number of alkyl halides is 1. The number of nitrogens with zero attached hydrogens (tertiary/aromatic N) is 3. The number of benzene rings is 2. The summed E-state index contributed by atoms with van der Waals surface area (Å²) in [6.07, 6.45) is 2.95. The van der Waals surface area contributed by atoms with Crippen molar-refractivity contribution in [2.24, 2.45) is 11.8 Å². The largest absolute Gasteiger partial charge is 0.394 e. The Kier molecular flexibility index (Phi) is 8.43. The molecule has 0 radical (unpaired) electrons. The number of hydrogen-bond donors (Lipinski definition) is 1. The number of rotatable bonds is 10. The zero-order valence-electron chi connectivity index (χ0n) is 22.7. The third-order valence-corrected chi connectivity index (χ3v) is 9.52. The van der Waals surface area contributed by atoms with E-state index in [9.17, 15) is 19.5 Å². The third-order valence-electron chi connectivity index (χ3n) is 8.35. The van der Waals surface area contributed by atoms with E-state index >= 15 is 0 Å². The van der Waals surface area contributed by atoms with Crippen molar-refractivity contribution in [1.82, 2.24) is 4.90 Å². The molecule has 0 aliphatic carbocycles. The van der Waals surface area contributed by atoms with Crippen LogP contribution in [0.5, 0.6) is 0 Å². The molecule has 10 heteroatoms. The molecule has 3 fully saturated rings. The summed E-state index contributed by atoms with van der Waals surface area (Å²) in [4.78, 5) is 47.4. The molecule has 0 aromatic heterocycles. The molecular weight excluding hydrogens is 610 g/mol. The van der Waals surface area contributed by atoms with E-state index in [4.69, 9.17) is 16.3 Å². The van der Waals surface area contributed by atoms with E-state index in [-0.39, 0.29) is 36.3 Å². The number of hydrogen-bond acceptors (Lipinski definition) is 5. The average molecular weight is 643 g/mol. The van der Waals surface area contributed by atoms with Gasteiger partial charge in [-0.25, -0.2) is 0 Å². The van der Waals surface area contributed by atoms with Gasteiger partial charge in [-0.3, -0.25) is 14.4 Å². The van der Waals surface area contributed by atoms with Gasteiger partial charge in [-0.1, -0.05) is 70.0 Å². The minimum Gasteiger partial charge on any atom is -0.394 e. The number of amides is 3. The summed E-state index contributed by atoms with van der Waals surface area (Å²) in [6, 6.07) is 14.4. The van der Waals surface area contributed by atoms with Crippen molar-refractivity contribution in [3.8, 4) is 0 Å². The van der Waals surface area contributed by atoms with Crippen LogP contribution in [0.15, 0.2) is 79.9 Å². The van der Waals surface area contributed by atoms with Crippen molar-refractivity contribution in [3.63, 3.8) is 0 Å². The van der Waals surface area contributed by atoms with Gasteiger partial charge in [0, 0.05) is 23.6 Å². The van der Waals surface area contributed by atoms with Gasteiger partial charge in [-0.2, -0.15) is 0 Å². The Bertz CT molecular complexity index is 1360. The van der Waals surface area contributed by atoms with Crippen molar-refractivity contribution >= 4 is 56.6 Å². The fraction of sp³-hybridized carbons (Fsp3) is 0.387. The number of anilines is 2. The lowest BCUT2D eigenvalue weighted by molar-refractivity contribution is -0.143. The standard InChI is InChI=1S/C31H33BrClN3O5/c1-4-15-34(20-11-7-6-8-12-20)28(38)24-25-29(39)36(19(3)18-37)27(31(25)17-21(32)26(24)41-31)30(40)35(16-5-2)23-14-10-9-13-22(23)33/h4-14,19,21,24-27,37H,1-2,15-18H2,3H3/t19-,21?,24+,25+,26+,27?,31?/m1/s1. The van der Waals surface area contributed by atoms with Crippen LogP contribution >= 0.6 is 27.5 Å². The first-order valence-electron chi connectivity index (χ1n) is 13.6. The SMILES string of the molecule is C=CCN(C(=O)[C@H]1[C@H]2C(=O)N([C@H](C)CO)C(C(=O)N(CC=C)c3ccccc3Cl)C23CC(Br)[C@@H]1O3)c1ccccc1. The Balaban J connectivity index is 1.61. The van der Waals surface area contributed by atoms with Gasteiger partial charge in [-0.05, 0) is 37.6 Å². The number of ether oxygens (including phenoxy) is 1. The lowest BCUT2D eigenvalue weighted by atomic mass is 9.70. The van der Waals surface area contributed by atoms with Gasteiger partial charge in [0.25, 0.3) is 5.91 Å². The molecule has 8 nitrogen and oxygen atoms in total. The van der Waals surface area contributed by atoms with E-state index in [1.807, 2.05) is 30.3 Å². The lowest BCUT2D eigenvalue weighted by Crippen LogP contribution is -2.59. The summed E-state index contributed by atoms with van der Waals surface area (Å²) in [7, 11) is 0. The highest BCUT2D eigenvalue weighted by molar-refractivity contribution is 9.09. The Hall–Kier alpha value is -2.98. The smallest absolute Gasteiger partial charge is 0.253 e. The van der Waals surface area contributed by atoms with Crippen LogP contribution in [0, 0.1) is 11.8 Å². The van der Waals surface area contributed by atoms with Crippen LogP contribution in [0.25, 0.3) is 0 Å². The Morgan fingerprint density at radius 2 is 1.76 bits per heavy atom. The number of carbonyl (C=O) groups excluding carboxylic acids is 3. The molecule has 2 aromatic carbocycles. The van der Waals surface area contributed by atoms with Crippen LogP contribution in [0.3, 0.4) is 0 Å². The lowest BCUT2D eigenvalue weighted by Gasteiger charge is -2.38. The maximum Gasteiger partial charge on any atom is 0.253 e. The second kappa shape index (κ2) is 11.7. The number of para-hydroxylation sites is 2. The molecule has 7 atom stereocenters. The number of aliphatic hydroxyl groups excluding tert-OH is 1. The molecule has 3 unspecified atom stereocenters. The van der Waals surface area contributed by atoms with E-state index in [0.29, 0.717) is 22.8 Å². The van der Waals surface area contributed by atoms with E-state index in [1.165, 1.54) is 9.80 Å². The summed E-state index contributed by atoms with van der Waals surface area (Å²) in [5, 5.41) is 10.6. The first-order chi connectivity index (χ1) is 19.7. The van der Waals surface area contributed by atoms with Crippen molar-refractivity contribution in [1.29, 1.82) is 0 Å². The molecule has 1 N–H and O–H groups in total. The molecule has 3 saturated heterocycles. The van der Waals surface area contributed by atoms with E-state index < -0.39 is 41.5 Å². The summed E-state index contributed by atoms with van der Waals surface area (Å²) >= 11 is 10.2. The average Bonchev–Trinajstić information content (AvgIpc) is 3.57. The highest BCUT2D eigenvalue weighted by Crippen LogP contribution is 2.61. The quantitative estimate of drug-likeness (QED) is 0.310. The highest BCUT2D eigenvalue weighted by Gasteiger charge is 2.77. The topological polar surface area (TPSA) is 90.4 Å². The molecular formula is C31H33BrClN3O5. The number of fused-ring (bicyclic) bond motifs is 1. The minimum absolute atomic E-state index is 0.139. The molecule has 3 aliphatic rings. The number of carbonyl (C=O) groups is 3. The van der Waals surface area contributed by atoms with Crippen LogP contribution < -0.4 is 9.80 Å². The van der Waals surface area contributed by atoms with Gasteiger partial charge in [0.05, 0.1) is 41.3 Å². The van der Waals surface area contributed by atoms with Gasteiger partial charge >= 0.3 is 0 Å². The minimum atomic E-state index is -1.28. The zero-order chi connectivity index (χ0) is 29.5. The van der Waals surface area contributed by atoms with Crippen LogP contribution in [0.1, 0.15) is 13.3 Å². The predicted octanol–water partition coefficient (Wildman–Crippen LogP) is 4.21. The number of aliphatic hydroxyl groups is 1. The summed E-state index contributed by atoms with van der Waals surface area (Å²) in [5.74, 6) is -2.82. The Morgan fingerprint density at radius 1 is 1.12 bits per heavy atom. The fourth-order valence-corrected chi connectivity index (χ4v) is 7.87. The molecule has 3 amide bonds. The van der Waals surface area contributed by atoms with Crippen LogP contribution in [0.2, 0.25) is 5.02 Å². The zero-order valence-corrected chi connectivity index (χ0v) is 25.1. The second-order valence-electron chi connectivity index (χ2n) is 10.7. The molecule has 41 heavy (non-hydrogen) atoms. The van der Waals surface area contributed by atoms with E-state index in [0.717, 1.165) is 0 Å². The number of halogens is 2. The van der Waals surface area contributed by atoms with Gasteiger partial charge in [-0.15, -0.1) is 13.2 Å². The molecule has 1 spiro atoms. The van der Waals surface area contributed by atoms with Gasteiger partial charge in [0.15, 0.2) is 0 Å². The monoisotopic (exact) mass is 641 g/mol. The van der Waals surface area contributed by atoms with E-state index in [2.05, 4.69) is 29.1 Å². The molecule has 5 rings (SSSR count). The van der Waals surface area contributed by atoms with Gasteiger partial charge < -0.3 is 24.5 Å². The molecule has 0 saturated carbocycles. The number of likely N-dealkylation sites (tertiary alicyclic amines) is 1. The molecule has 3 aliphatic heterocycles. The Morgan fingerprint density at radius 3 is 2.39 bits per heavy atom. The van der Waals surface area contributed by atoms with Gasteiger partial charge in [0.1, 0.15) is 11.6 Å². The first kappa shape index (κ1) is 29.5. The van der Waals surface area contributed by atoms with Crippen LogP contribution in [-0.4, -0.2) is 76.0 Å². The molecule has 216 valence electrons. The molecule has 2 bridgehead atoms. The van der Waals surface area contributed by atoms with Crippen molar-refractivity contribution in [3.05, 3.63) is 84.9 Å². The summed E-state index contributed by atoms with van der Waals surface area (Å²) in [6.45, 7) is 9.35.